The molecule has 0 bridgehead atoms. The molecule has 1 aromatic heterocycles. The molecule has 0 spiro atoms. The van der Waals surface area contributed by atoms with Crippen molar-refractivity contribution in [2.45, 2.75) is 6.42 Å². The predicted octanol–water partition coefficient (Wildman–Crippen LogP) is -0.526. The molecule has 1 rings (SSSR count). The van der Waals surface area contributed by atoms with Gasteiger partial charge in [0.1, 0.15) is 0 Å². The fourth-order valence-electron chi connectivity index (χ4n) is 0.508. The quantitative estimate of drug-likeness (QED) is 0.527. The van der Waals surface area contributed by atoms with Crippen LogP contribution in [0.2, 0.25) is 0 Å². The zero-order chi connectivity index (χ0) is 11.8. The second kappa shape index (κ2) is 6.76. The Bertz CT molecular complexity index is 283. The summed E-state index contributed by atoms with van der Waals surface area (Å²) in [5, 5.41) is 8.43. The van der Waals surface area contributed by atoms with Crippen LogP contribution in [0.1, 0.15) is 6.42 Å². The molecular weight excluding hydrogens is 268 g/mol. The van der Waals surface area contributed by atoms with Crippen molar-refractivity contribution in [2.75, 3.05) is 22.5 Å². The minimum absolute atomic E-state index is 0.0417. The van der Waals surface area contributed by atoms with Crippen molar-refractivity contribution in [3.8, 4) is 0 Å². The first-order valence-electron chi connectivity index (χ1n) is 3.76. The number of aromatic nitrogens is 3. The highest BCUT2D eigenvalue weighted by Gasteiger charge is 1.93. The lowest BCUT2D eigenvalue weighted by molar-refractivity contribution is -0.136. The summed E-state index contributed by atoms with van der Waals surface area (Å²) in [6, 6.07) is 0. The fourth-order valence-corrected chi connectivity index (χ4v) is 0.847. The Labute approximate surface area is 94.0 Å². The highest BCUT2D eigenvalue weighted by Crippen LogP contribution is 1.97. The fraction of sp³-hybridized carbons (Fsp3) is 0.333. The number of anilines is 3. The van der Waals surface area contributed by atoms with Gasteiger partial charge in [-0.2, -0.15) is 15.0 Å². The molecule has 9 heteroatoms. The number of nitrogens with zero attached hydrogens (tertiary/aromatic N) is 3. The summed E-state index contributed by atoms with van der Waals surface area (Å²) in [4.78, 5) is 20.0. The second-order valence-corrected chi connectivity index (χ2v) is 3.04. The first kappa shape index (κ1) is 13.4. The molecule has 0 atom stereocenters. The summed E-state index contributed by atoms with van der Waals surface area (Å²) in [7, 11) is 0. The number of carboxylic acids is 1. The number of carbonyl (C=O) groups is 1. The van der Waals surface area contributed by atoms with Gasteiger partial charge < -0.3 is 22.3 Å². The zero-order valence-corrected chi connectivity index (χ0v) is 9.31. The molecule has 0 unspecified atom stereocenters. The first-order chi connectivity index (χ1) is 6.95. The van der Waals surface area contributed by atoms with E-state index >= 15 is 0 Å². The van der Waals surface area contributed by atoms with Gasteiger partial charge in [-0.15, -0.1) is 0 Å². The van der Waals surface area contributed by atoms with Crippen LogP contribution in [0.3, 0.4) is 0 Å². The normalized spacial score (nSPS) is 8.87. The van der Waals surface area contributed by atoms with E-state index in [-0.39, 0.29) is 24.3 Å². The smallest absolute Gasteiger partial charge is 0.304 e. The van der Waals surface area contributed by atoms with Gasteiger partial charge in [-0.3, -0.25) is 4.79 Å². The van der Waals surface area contributed by atoms with E-state index in [9.17, 15) is 4.79 Å². The van der Waals surface area contributed by atoms with Crippen LogP contribution < -0.4 is 17.2 Å². The van der Waals surface area contributed by atoms with Crippen LogP contribution in [0.25, 0.3) is 0 Å². The molecule has 15 heavy (non-hydrogen) atoms. The highest BCUT2D eigenvalue weighted by atomic mass is 79.9. The molecule has 0 fully saturated rings. The van der Waals surface area contributed by atoms with Gasteiger partial charge >= 0.3 is 5.97 Å². The van der Waals surface area contributed by atoms with Crippen molar-refractivity contribution in [3.63, 3.8) is 0 Å². The van der Waals surface area contributed by atoms with E-state index in [1.807, 2.05) is 0 Å². The minimum Gasteiger partial charge on any atom is -0.481 e. The van der Waals surface area contributed by atoms with Crippen LogP contribution in [-0.2, 0) is 4.79 Å². The monoisotopic (exact) mass is 278 g/mol. The van der Waals surface area contributed by atoms with Crippen molar-refractivity contribution in [1.29, 1.82) is 0 Å². The molecule has 0 aliphatic carbocycles. The van der Waals surface area contributed by atoms with Crippen molar-refractivity contribution in [2.24, 2.45) is 0 Å². The van der Waals surface area contributed by atoms with Gasteiger partial charge in [0.2, 0.25) is 17.8 Å². The number of carboxylic acid groups (broad SMARTS) is 1. The van der Waals surface area contributed by atoms with E-state index < -0.39 is 5.97 Å². The van der Waals surface area contributed by atoms with E-state index in [4.69, 9.17) is 22.3 Å². The van der Waals surface area contributed by atoms with Gasteiger partial charge in [0.15, 0.2) is 0 Å². The standard InChI is InChI=1S/C3H5BrO2.C3H6N6/c4-2-1-3(5)6;4-1-7-2(5)9-3(6)8-1/h1-2H2,(H,5,6);(H6,4,5,6,7,8,9). The number of aliphatic carboxylic acids is 1. The molecule has 0 aliphatic heterocycles. The molecular formula is C6H11BrN6O2. The molecule has 0 saturated heterocycles. The molecule has 0 radical (unpaired) electrons. The van der Waals surface area contributed by atoms with Gasteiger partial charge in [0, 0.05) is 5.33 Å². The first-order valence-corrected chi connectivity index (χ1v) is 4.88. The predicted molar refractivity (Wildman–Crippen MR) is 59.1 cm³/mol. The van der Waals surface area contributed by atoms with Gasteiger partial charge in [0.05, 0.1) is 6.42 Å². The van der Waals surface area contributed by atoms with Crippen LogP contribution in [0.4, 0.5) is 17.8 Å². The van der Waals surface area contributed by atoms with Gasteiger partial charge in [0.25, 0.3) is 0 Å². The van der Waals surface area contributed by atoms with E-state index in [2.05, 4.69) is 30.9 Å². The lowest BCUT2D eigenvalue weighted by Crippen LogP contribution is -2.05. The number of nitrogen functional groups attached to an aromatic ring is 3. The number of alkyl halides is 1. The van der Waals surface area contributed by atoms with Crippen LogP contribution >= 0.6 is 15.9 Å². The Balaban J connectivity index is 0.000000288. The topological polar surface area (TPSA) is 154 Å². The number of rotatable bonds is 2. The van der Waals surface area contributed by atoms with Gasteiger partial charge in [-0.25, -0.2) is 0 Å². The largest absolute Gasteiger partial charge is 0.481 e. The van der Waals surface area contributed by atoms with Crippen molar-refractivity contribution in [1.82, 2.24) is 15.0 Å². The molecule has 0 saturated carbocycles. The lowest BCUT2D eigenvalue weighted by Gasteiger charge is -1.93. The molecule has 0 aliphatic rings. The Kier molecular flexibility index (Phi) is 6.02. The SMILES string of the molecule is Nc1nc(N)nc(N)n1.O=C(O)CCBr. The molecule has 0 amide bonds. The summed E-state index contributed by atoms with van der Waals surface area (Å²) >= 11 is 2.97. The second-order valence-electron chi connectivity index (χ2n) is 2.24. The Morgan fingerprint density at radius 3 is 1.60 bits per heavy atom. The van der Waals surface area contributed by atoms with Crippen molar-refractivity contribution < 1.29 is 9.90 Å². The Morgan fingerprint density at radius 2 is 1.47 bits per heavy atom. The Morgan fingerprint density at radius 1 is 1.13 bits per heavy atom. The number of nitrogens with two attached hydrogens (primary N) is 3. The Hall–Kier alpha value is -1.64. The zero-order valence-electron chi connectivity index (χ0n) is 7.72. The lowest BCUT2D eigenvalue weighted by atomic mass is 10.5. The number of hydrogen-bond donors (Lipinski definition) is 4. The molecule has 8 nitrogen and oxygen atoms in total. The van der Waals surface area contributed by atoms with Crippen molar-refractivity contribution in [3.05, 3.63) is 0 Å². The highest BCUT2D eigenvalue weighted by molar-refractivity contribution is 9.09. The molecule has 1 aromatic rings. The molecule has 84 valence electrons. The maximum Gasteiger partial charge on any atom is 0.304 e. The average Bonchev–Trinajstić information content (AvgIpc) is 2.00. The third kappa shape index (κ3) is 7.43. The summed E-state index contributed by atoms with van der Waals surface area (Å²) in [5.74, 6) is -0.633. The molecule has 7 N–H and O–H groups in total. The third-order valence-electron chi connectivity index (χ3n) is 0.996. The van der Waals surface area contributed by atoms with Gasteiger partial charge in [-0.1, -0.05) is 15.9 Å². The number of halogens is 1. The van der Waals surface area contributed by atoms with Crippen LogP contribution in [0, 0.1) is 0 Å². The maximum absolute atomic E-state index is 9.57. The van der Waals surface area contributed by atoms with E-state index in [0.29, 0.717) is 5.33 Å². The summed E-state index contributed by atoms with van der Waals surface area (Å²) in [6.07, 6.45) is 0.208. The minimum atomic E-state index is -0.758. The molecule has 0 aromatic carbocycles. The summed E-state index contributed by atoms with van der Waals surface area (Å²) < 4.78 is 0. The van der Waals surface area contributed by atoms with E-state index in [1.54, 1.807) is 0 Å². The third-order valence-corrected chi connectivity index (χ3v) is 1.39. The summed E-state index contributed by atoms with van der Waals surface area (Å²) in [6.45, 7) is 0. The summed E-state index contributed by atoms with van der Waals surface area (Å²) in [5.41, 5.74) is 15.4. The average molecular weight is 279 g/mol. The van der Waals surface area contributed by atoms with E-state index in [0.717, 1.165) is 0 Å². The van der Waals surface area contributed by atoms with Gasteiger partial charge in [-0.05, 0) is 0 Å². The van der Waals surface area contributed by atoms with Crippen LogP contribution in [0.15, 0.2) is 0 Å². The molecule has 1 heterocycles. The number of hydrogen-bond acceptors (Lipinski definition) is 7. The van der Waals surface area contributed by atoms with Crippen molar-refractivity contribution >= 4 is 39.7 Å². The van der Waals surface area contributed by atoms with Crippen LogP contribution in [0.5, 0.6) is 0 Å². The van der Waals surface area contributed by atoms with Crippen LogP contribution in [-0.4, -0.2) is 31.4 Å². The maximum atomic E-state index is 9.57. The van der Waals surface area contributed by atoms with E-state index in [1.165, 1.54) is 0 Å².